The zero-order valence-electron chi connectivity index (χ0n) is 19.6. The lowest BCUT2D eigenvalue weighted by Crippen LogP contribution is -2.32. The average Bonchev–Trinajstić information content (AvgIpc) is 2.81. The molecule has 0 saturated heterocycles. The number of ketones is 1. The highest BCUT2D eigenvalue weighted by molar-refractivity contribution is 5.99. The molecule has 1 aromatic heterocycles. The van der Waals surface area contributed by atoms with Crippen LogP contribution in [0.4, 0.5) is 5.69 Å². The number of nitrogens with zero attached hydrogens (tertiary/aromatic N) is 2. The summed E-state index contributed by atoms with van der Waals surface area (Å²) in [6.07, 6.45) is 2.61. The Kier molecular flexibility index (Phi) is 8.04. The summed E-state index contributed by atoms with van der Waals surface area (Å²) in [6, 6.07) is 3.76. The number of anilines is 1. The van der Waals surface area contributed by atoms with Crippen molar-refractivity contribution < 1.29 is 19.0 Å². The number of carbonyl (C=O) groups excluding carboxylic acids is 1. The minimum absolute atomic E-state index is 0.134. The zero-order chi connectivity index (χ0) is 23.3. The SMILES string of the molecule is CCc1nc(-c2cc3c(cc2OC)C(=O)CCC3)n(CC)c(=O)c1NCC(COC)OC. The monoisotopic (exact) mass is 443 g/mol. The number of aryl methyl sites for hydroxylation is 2. The van der Waals surface area contributed by atoms with E-state index in [0.717, 1.165) is 24.0 Å². The third kappa shape index (κ3) is 4.71. The number of hydrogen-bond donors (Lipinski definition) is 1. The van der Waals surface area contributed by atoms with Gasteiger partial charge in [0.2, 0.25) is 0 Å². The van der Waals surface area contributed by atoms with Gasteiger partial charge in [-0.2, -0.15) is 0 Å². The molecule has 1 unspecified atom stereocenters. The van der Waals surface area contributed by atoms with Crippen LogP contribution in [0.3, 0.4) is 0 Å². The van der Waals surface area contributed by atoms with Gasteiger partial charge < -0.3 is 19.5 Å². The molecular formula is C24H33N3O5. The van der Waals surface area contributed by atoms with Crippen LogP contribution in [0.2, 0.25) is 0 Å². The van der Waals surface area contributed by atoms with Gasteiger partial charge in [-0.1, -0.05) is 6.92 Å². The summed E-state index contributed by atoms with van der Waals surface area (Å²) in [5.41, 5.74) is 3.44. The molecule has 0 spiro atoms. The second-order valence-corrected chi connectivity index (χ2v) is 7.84. The first kappa shape index (κ1) is 23.9. The minimum Gasteiger partial charge on any atom is -0.496 e. The highest BCUT2D eigenvalue weighted by Crippen LogP contribution is 2.35. The molecule has 1 aliphatic rings. The van der Waals surface area contributed by atoms with Crippen LogP contribution >= 0.6 is 0 Å². The fraction of sp³-hybridized carbons (Fsp3) is 0.542. The standard InChI is InChI=1S/C24H33N3O5/c1-6-19-22(25-13-16(31-4)14-30-3)24(29)27(7-2)23(26-19)18-11-15-9-8-10-20(28)17(15)12-21(18)32-5/h11-12,16,25H,6-10,13-14H2,1-5H3. The Morgan fingerprint density at radius 1 is 1.12 bits per heavy atom. The Balaban J connectivity index is 2.11. The van der Waals surface area contributed by atoms with E-state index in [1.807, 2.05) is 19.9 Å². The van der Waals surface area contributed by atoms with Crippen LogP contribution in [0.1, 0.15) is 48.3 Å². The van der Waals surface area contributed by atoms with Gasteiger partial charge in [0, 0.05) is 39.3 Å². The summed E-state index contributed by atoms with van der Waals surface area (Å²) in [5.74, 6) is 1.24. The van der Waals surface area contributed by atoms with Crippen molar-refractivity contribution in [2.75, 3.05) is 39.8 Å². The van der Waals surface area contributed by atoms with Crippen LogP contribution in [0.25, 0.3) is 11.4 Å². The highest BCUT2D eigenvalue weighted by Gasteiger charge is 2.24. The van der Waals surface area contributed by atoms with Crippen molar-refractivity contribution in [1.29, 1.82) is 0 Å². The maximum atomic E-state index is 13.5. The van der Waals surface area contributed by atoms with Crippen LogP contribution in [-0.2, 0) is 28.9 Å². The van der Waals surface area contributed by atoms with Gasteiger partial charge in [-0.05, 0) is 43.9 Å². The number of aromatic nitrogens is 2. The first-order chi connectivity index (χ1) is 15.5. The highest BCUT2D eigenvalue weighted by atomic mass is 16.5. The summed E-state index contributed by atoms with van der Waals surface area (Å²) >= 11 is 0. The Hall–Kier alpha value is -2.71. The lowest BCUT2D eigenvalue weighted by atomic mass is 9.88. The van der Waals surface area contributed by atoms with E-state index in [4.69, 9.17) is 19.2 Å². The molecule has 174 valence electrons. The first-order valence-corrected chi connectivity index (χ1v) is 11.1. The summed E-state index contributed by atoms with van der Waals surface area (Å²) in [5, 5.41) is 3.23. The van der Waals surface area contributed by atoms with Crippen molar-refractivity contribution in [1.82, 2.24) is 9.55 Å². The van der Waals surface area contributed by atoms with Gasteiger partial charge in [0.05, 0.1) is 31.1 Å². The third-order valence-corrected chi connectivity index (χ3v) is 5.90. The zero-order valence-corrected chi connectivity index (χ0v) is 19.6. The Morgan fingerprint density at radius 3 is 2.53 bits per heavy atom. The van der Waals surface area contributed by atoms with Crippen molar-refractivity contribution >= 4 is 11.5 Å². The molecule has 0 aliphatic heterocycles. The van der Waals surface area contributed by atoms with Crippen LogP contribution in [-0.4, -0.2) is 55.9 Å². The second kappa shape index (κ2) is 10.7. The Bertz CT molecular complexity index is 1030. The van der Waals surface area contributed by atoms with Gasteiger partial charge >= 0.3 is 0 Å². The molecule has 1 atom stereocenters. The quantitative estimate of drug-likeness (QED) is 0.603. The number of methoxy groups -OCH3 is 3. The molecule has 8 heteroatoms. The maximum Gasteiger partial charge on any atom is 0.277 e. The Labute approximate surface area is 188 Å². The lowest BCUT2D eigenvalue weighted by Gasteiger charge is -2.22. The summed E-state index contributed by atoms with van der Waals surface area (Å²) < 4.78 is 17.8. The molecular weight excluding hydrogens is 410 g/mol. The number of fused-ring (bicyclic) bond motifs is 1. The molecule has 3 rings (SSSR count). The van der Waals surface area contributed by atoms with Crippen LogP contribution in [0, 0.1) is 0 Å². The van der Waals surface area contributed by atoms with E-state index in [9.17, 15) is 9.59 Å². The largest absolute Gasteiger partial charge is 0.496 e. The molecule has 0 fully saturated rings. The predicted molar refractivity (Wildman–Crippen MR) is 124 cm³/mol. The average molecular weight is 444 g/mol. The lowest BCUT2D eigenvalue weighted by molar-refractivity contribution is 0.0365. The second-order valence-electron chi connectivity index (χ2n) is 7.84. The number of Topliss-reactive ketones (excluding diaryl/α,β-unsaturated/α-hetero) is 1. The topological polar surface area (TPSA) is 91.7 Å². The van der Waals surface area contributed by atoms with Crippen molar-refractivity contribution in [3.63, 3.8) is 0 Å². The van der Waals surface area contributed by atoms with E-state index in [1.54, 1.807) is 32.0 Å². The molecule has 0 radical (unpaired) electrons. The van der Waals surface area contributed by atoms with Gasteiger partial charge in [-0.15, -0.1) is 0 Å². The third-order valence-electron chi connectivity index (χ3n) is 5.90. The summed E-state index contributed by atoms with van der Waals surface area (Å²) in [4.78, 5) is 30.7. The summed E-state index contributed by atoms with van der Waals surface area (Å²) in [7, 11) is 4.80. The molecule has 32 heavy (non-hydrogen) atoms. The van der Waals surface area contributed by atoms with Crippen molar-refractivity contribution in [2.45, 2.75) is 52.2 Å². The van der Waals surface area contributed by atoms with E-state index >= 15 is 0 Å². The van der Waals surface area contributed by atoms with E-state index < -0.39 is 0 Å². The van der Waals surface area contributed by atoms with E-state index in [2.05, 4.69) is 5.32 Å². The molecule has 0 bridgehead atoms. The number of rotatable bonds is 10. The van der Waals surface area contributed by atoms with Crippen molar-refractivity contribution in [3.8, 4) is 17.1 Å². The van der Waals surface area contributed by atoms with Gasteiger partial charge in [0.15, 0.2) is 5.78 Å². The molecule has 1 aromatic carbocycles. The maximum absolute atomic E-state index is 13.5. The van der Waals surface area contributed by atoms with Crippen molar-refractivity contribution in [2.24, 2.45) is 0 Å². The first-order valence-electron chi connectivity index (χ1n) is 11.1. The summed E-state index contributed by atoms with van der Waals surface area (Å²) in [6.45, 7) is 5.19. The van der Waals surface area contributed by atoms with E-state index in [0.29, 0.717) is 61.1 Å². The molecule has 2 aromatic rings. The fourth-order valence-electron chi connectivity index (χ4n) is 4.15. The molecule has 8 nitrogen and oxygen atoms in total. The van der Waals surface area contributed by atoms with E-state index in [1.165, 1.54) is 0 Å². The molecule has 1 heterocycles. The predicted octanol–water partition coefficient (Wildman–Crippen LogP) is 3.09. The molecule has 1 N–H and O–H groups in total. The van der Waals surface area contributed by atoms with Gasteiger partial charge in [0.25, 0.3) is 5.56 Å². The van der Waals surface area contributed by atoms with Crippen LogP contribution in [0.15, 0.2) is 16.9 Å². The normalized spacial score (nSPS) is 14.2. The molecule has 0 saturated carbocycles. The number of carbonyl (C=O) groups is 1. The molecule has 1 aliphatic carbocycles. The number of hydrogen-bond acceptors (Lipinski definition) is 7. The van der Waals surface area contributed by atoms with Gasteiger partial charge in [-0.3, -0.25) is 14.2 Å². The van der Waals surface area contributed by atoms with Crippen LogP contribution in [0.5, 0.6) is 5.75 Å². The van der Waals surface area contributed by atoms with Crippen LogP contribution < -0.4 is 15.6 Å². The number of nitrogens with one attached hydrogen (secondary N) is 1. The smallest absolute Gasteiger partial charge is 0.277 e. The number of benzene rings is 1. The Morgan fingerprint density at radius 2 is 1.91 bits per heavy atom. The minimum atomic E-state index is -0.183. The number of ether oxygens (including phenoxy) is 3. The van der Waals surface area contributed by atoms with E-state index in [-0.39, 0.29) is 17.4 Å². The fourth-order valence-corrected chi connectivity index (χ4v) is 4.15. The van der Waals surface area contributed by atoms with Gasteiger partial charge in [0.1, 0.15) is 17.3 Å². The van der Waals surface area contributed by atoms with Gasteiger partial charge in [-0.25, -0.2) is 4.98 Å². The molecule has 0 amide bonds. The van der Waals surface area contributed by atoms with Crippen molar-refractivity contribution in [3.05, 3.63) is 39.3 Å².